The highest BCUT2D eigenvalue weighted by Crippen LogP contribution is 2.30. The van der Waals surface area contributed by atoms with E-state index >= 15 is 0 Å². The molecule has 0 radical (unpaired) electrons. The van der Waals surface area contributed by atoms with Crippen LogP contribution >= 0.6 is 15.9 Å². The summed E-state index contributed by atoms with van der Waals surface area (Å²) in [6.45, 7) is 3.36. The van der Waals surface area contributed by atoms with Crippen molar-refractivity contribution in [2.75, 3.05) is 6.54 Å². The maximum atomic E-state index is 13.9. The maximum Gasteiger partial charge on any atom is 0.287 e. The predicted molar refractivity (Wildman–Crippen MR) is 150 cm³/mol. The van der Waals surface area contributed by atoms with Crippen molar-refractivity contribution in [1.29, 1.82) is 0 Å². The number of nitrogens with zero attached hydrogens (tertiary/aromatic N) is 6. The lowest BCUT2D eigenvalue weighted by Crippen LogP contribution is -2.46. The molecule has 202 valence electrons. The van der Waals surface area contributed by atoms with Gasteiger partial charge in [-0.2, -0.15) is 5.10 Å². The summed E-state index contributed by atoms with van der Waals surface area (Å²) in [5.74, 6) is -0.519. The van der Waals surface area contributed by atoms with Crippen molar-refractivity contribution in [1.82, 2.24) is 35.0 Å². The van der Waals surface area contributed by atoms with Gasteiger partial charge >= 0.3 is 0 Å². The quantitative estimate of drug-likeness (QED) is 0.292. The van der Waals surface area contributed by atoms with E-state index in [0.717, 1.165) is 21.3 Å². The third-order valence-corrected chi connectivity index (χ3v) is 7.84. The van der Waals surface area contributed by atoms with Crippen molar-refractivity contribution in [3.05, 3.63) is 112 Å². The van der Waals surface area contributed by atoms with Gasteiger partial charge in [0.05, 0.1) is 43.5 Å². The van der Waals surface area contributed by atoms with Gasteiger partial charge in [0.15, 0.2) is 5.76 Å². The van der Waals surface area contributed by atoms with Gasteiger partial charge in [-0.25, -0.2) is 4.68 Å². The van der Waals surface area contributed by atoms with Gasteiger partial charge in [0.2, 0.25) is 5.91 Å². The standard InChI is InChI=1S/C29H26BrN7O3/c1-19(21-10-5-6-11-23(21)30)37-17-24(33-34-37)22-16-31-36-14-13-35(18-25(22)36)29(39)27(20-8-3-2-4-9-20)32-28(38)26-12-7-15-40-26/h2-12,15-17,19,27H,13-14,18H2,1H3,(H,32,38)/t19-,27?/m1/s1. The summed E-state index contributed by atoms with van der Waals surface area (Å²) >= 11 is 3.62. The molecular formula is C29H26BrN7O3. The normalized spacial score (nSPS) is 14.4. The van der Waals surface area contributed by atoms with E-state index in [1.54, 1.807) is 23.2 Å². The van der Waals surface area contributed by atoms with Crippen LogP contribution in [0.3, 0.4) is 0 Å². The Morgan fingerprint density at radius 1 is 1.02 bits per heavy atom. The second-order valence-electron chi connectivity index (χ2n) is 9.56. The minimum Gasteiger partial charge on any atom is -0.459 e. The average molecular weight is 600 g/mol. The third-order valence-electron chi connectivity index (χ3n) is 7.12. The summed E-state index contributed by atoms with van der Waals surface area (Å²) in [5.41, 5.74) is 4.15. The molecule has 2 amide bonds. The summed E-state index contributed by atoms with van der Waals surface area (Å²) in [6, 6.07) is 19.5. The first-order valence-corrected chi connectivity index (χ1v) is 13.7. The van der Waals surface area contributed by atoms with Crippen molar-refractivity contribution in [3.63, 3.8) is 0 Å². The van der Waals surface area contributed by atoms with Crippen LogP contribution in [0.2, 0.25) is 0 Å². The molecule has 2 aromatic carbocycles. The van der Waals surface area contributed by atoms with E-state index in [1.165, 1.54) is 6.26 Å². The molecule has 3 aromatic heterocycles. The number of carbonyl (C=O) groups excluding carboxylic acids is 2. The smallest absolute Gasteiger partial charge is 0.287 e. The summed E-state index contributed by atoms with van der Waals surface area (Å²) in [6.07, 6.45) is 5.10. The second-order valence-corrected chi connectivity index (χ2v) is 10.4. The van der Waals surface area contributed by atoms with Gasteiger partial charge in [-0.1, -0.05) is 69.7 Å². The fourth-order valence-electron chi connectivity index (χ4n) is 4.92. The number of fused-ring (bicyclic) bond motifs is 1. The molecule has 40 heavy (non-hydrogen) atoms. The molecule has 4 heterocycles. The molecule has 5 aromatic rings. The Hall–Kier alpha value is -4.51. The van der Waals surface area contributed by atoms with Crippen LogP contribution in [-0.4, -0.2) is 48.0 Å². The van der Waals surface area contributed by atoms with Crippen LogP contribution in [0.15, 0.2) is 94.3 Å². The summed E-state index contributed by atoms with van der Waals surface area (Å²) in [4.78, 5) is 28.5. The van der Waals surface area contributed by atoms with E-state index in [1.807, 2.05) is 64.1 Å². The Labute approximate surface area is 238 Å². The molecule has 0 saturated carbocycles. The number of halogens is 1. The number of rotatable bonds is 7. The van der Waals surface area contributed by atoms with E-state index in [2.05, 4.69) is 49.6 Å². The summed E-state index contributed by atoms with van der Waals surface area (Å²) in [7, 11) is 0. The zero-order valence-electron chi connectivity index (χ0n) is 21.6. The highest BCUT2D eigenvalue weighted by molar-refractivity contribution is 9.10. The van der Waals surface area contributed by atoms with Crippen molar-refractivity contribution in [2.45, 2.75) is 32.1 Å². The largest absolute Gasteiger partial charge is 0.459 e. The minimum atomic E-state index is -0.872. The molecule has 0 saturated heterocycles. The zero-order chi connectivity index (χ0) is 27.6. The van der Waals surface area contributed by atoms with Gasteiger partial charge < -0.3 is 14.6 Å². The predicted octanol–water partition coefficient (Wildman–Crippen LogP) is 4.62. The number of nitrogens with one attached hydrogen (secondary N) is 1. The molecule has 0 fully saturated rings. The van der Waals surface area contributed by atoms with Gasteiger partial charge in [-0.3, -0.25) is 14.3 Å². The Kier molecular flexibility index (Phi) is 7.04. The number of carbonyl (C=O) groups is 2. The van der Waals surface area contributed by atoms with Crippen molar-refractivity contribution < 1.29 is 14.0 Å². The van der Waals surface area contributed by atoms with Gasteiger partial charge in [0.25, 0.3) is 5.91 Å². The van der Waals surface area contributed by atoms with Crippen molar-refractivity contribution in [3.8, 4) is 11.3 Å². The van der Waals surface area contributed by atoms with Crippen LogP contribution in [0.25, 0.3) is 11.3 Å². The molecular weight excluding hydrogens is 574 g/mol. The first-order valence-electron chi connectivity index (χ1n) is 12.9. The lowest BCUT2D eigenvalue weighted by Gasteiger charge is -2.31. The molecule has 11 heteroatoms. The molecule has 1 aliphatic heterocycles. The lowest BCUT2D eigenvalue weighted by molar-refractivity contribution is -0.135. The monoisotopic (exact) mass is 599 g/mol. The number of amides is 2. The van der Waals surface area contributed by atoms with Crippen LogP contribution < -0.4 is 5.32 Å². The molecule has 0 spiro atoms. The topological polar surface area (TPSA) is 111 Å². The van der Waals surface area contributed by atoms with Crippen molar-refractivity contribution in [2.24, 2.45) is 0 Å². The first-order chi connectivity index (χ1) is 19.5. The maximum absolute atomic E-state index is 13.9. The summed E-state index contributed by atoms with van der Waals surface area (Å²) in [5, 5.41) is 16.2. The fraction of sp³-hybridized carbons (Fsp3) is 0.207. The third kappa shape index (κ3) is 4.95. The molecule has 2 atom stereocenters. The Morgan fingerprint density at radius 3 is 2.60 bits per heavy atom. The van der Waals surface area contributed by atoms with Crippen LogP contribution in [0, 0.1) is 0 Å². The number of hydrogen-bond acceptors (Lipinski definition) is 6. The molecule has 0 aliphatic carbocycles. The van der Waals surface area contributed by atoms with E-state index < -0.39 is 11.9 Å². The van der Waals surface area contributed by atoms with E-state index in [-0.39, 0.29) is 17.7 Å². The van der Waals surface area contributed by atoms with Crippen molar-refractivity contribution >= 4 is 27.7 Å². The fourth-order valence-corrected chi connectivity index (χ4v) is 5.54. The average Bonchev–Trinajstić information content (AvgIpc) is 3.76. The van der Waals surface area contributed by atoms with Gasteiger partial charge in [0, 0.05) is 16.6 Å². The van der Waals surface area contributed by atoms with Gasteiger partial charge in [0.1, 0.15) is 11.7 Å². The molecule has 1 aliphatic rings. The van der Waals surface area contributed by atoms with E-state index in [0.29, 0.717) is 30.9 Å². The van der Waals surface area contributed by atoms with Crippen LogP contribution in [0.1, 0.15) is 46.4 Å². The van der Waals surface area contributed by atoms with Gasteiger partial charge in [-0.05, 0) is 36.2 Å². The number of furan rings is 1. The number of aromatic nitrogens is 5. The molecule has 1 N–H and O–H groups in total. The highest BCUT2D eigenvalue weighted by Gasteiger charge is 2.32. The SMILES string of the molecule is C[C@H](c1ccccc1Br)n1cc(-c2cnn3c2CN(C(=O)C(NC(=O)c2ccco2)c2ccccc2)CC3)nn1. The number of hydrogen-bond donors (Lipinski definition) is 1. The Bertz CT molecular complexity index is 1650. The second kappa shape index (κ2) is 10.9. The highest BCUT2D eigenvalue weighted by atomic mass is 79.9. The number of benzene rings is 2. The molecule has 6 rings (SSSR count). The minimum absolute atomic E-state index is 0.0364. The molecule has 1 unspecified atom stereocenters. The Balaban J connectivity index is 1.25. The van der Waals surface area contributed by atoms with Crippen LogP contribution in [-0.2, 0) is 17.9 Å². The Morgan fingerprint density at radius 2 is 1.82 bits per heavy atom. The van der Waals surface area contributed by atoms with Crippen LogP contribution in [0.4, 0.5) is 0 Å². The zero-order valence-corrected chi connectivity index (χ0v) is 23.2. The lowest BCUT2D eigenvalue weighted by atomic mass is 10.0. The van der Waals surface area contributed by atoms with Gasteiger partial charge in [-0.15, -0.1) is 5.10 Å². The summed E-state index contributed by atoms with van der Waals surface area (Å²) < 4.78 is 9.97. The van der Waals surface area contributed by atoms with E-state index in [9.17, 15) is 9.59 Å². The van der Waals surface area contributed by atoms with Crippen LogP contribution in [0.5, 0.6) is 0 Å². The molecule has 0 bridgehead atoms. The van der Waals surface area contributed by atoms with E-state index in [4.69, 9.17) is 4.42 Å². The first kappa shape index (κ1) is 25.8. The molecule has 10 nitrogen and oxygen atoms in total.